The molecule has 1 aliphatic heterocycles. The summed E-state index contributed by atoms with van der Waals surface area (Å²) >= 11 is 12.9. The minimum atomic E-state index is -0.540. The number of ether oxygens (including phenoxy) is 1. The van der Waals surface area contributed by atoms with Gasteiger partial charge in [0.25, 0.3) is 5.91 Å². The molecule has 3 aromatic rings. The highest BCUT2D eigenvalue weighted by Gasteiger charge is 2.32. The Balaban J connectivity index is 1.61. The number of halogens is 2. The van der Waals surface area contributed by atoms with Crippen LogP contribution in [0.25, 0.3) is 4.85 Å². The summed E-state index contributed by atoms with van der Waals surface area (Å²) in [6, 6.07) is 21.4. The van der Waals surface area contributed by atoms with Crippen LogP contribution in [0.4, 0.5) is 11.4 Å². The van der Waals surface area contributed by atoms with Crippen LogP contribution in [0, 0.1) is 6.57 Å². The number of hydrogen-bond donors (Lipinski definition) is 1. The molecule has 35 heavy (non-hydrogen) atoms. The maximum Gasteiger partial charge on any atom is 0.255 e. The number of carbonyl (C=O) groups is 1. The van der Waals surface area contributed by atoms with Gasteiger partial charge in [0.15, 0.2) is 12.3 Å². The van der Waals surface area contributed by atoms with E-state index in [1.54, 1.807) is 12.1 Å². The van der Waals surface area contributed by atoms with Gasteiger partial charge < -0.3 is 15.4 Å². The molecule has 2 N–H and O–H groups in total. The SMILES string of the molecule is [C-]#[N+]c1ccc([C@@H](C)N2CCN(c3ccc(OCC(N)=O)cc3Cl)[C@H](c3ccc(Cl)cc3)C2)cc1. The summed E-state index contributed by atoms with van der Waals surface area (Å²) < 4.78 is 5.41. The molecule has 6 nitrogen and oxygen atoms in total. The molecule has 0 saturated carbocycles. The van der Waals surface area contributed by atoms with Gasteiger partial charge in [-0.1, -0.05) is 59.6 Å². The Labute approximate surface area is 215 Å². The largest absolute Gasteiger partial charge is 0.484 e. The van der Waals surface area contributed by atoms with Crippen LogP contribution in [0.5, 0.6) is 5.75 Å². The Kier molecular flexibility index (Phi) is 7.82. The van der Waals surface area contributed by atoms with Gasteiger partial charge >= 0.3 is 0 Å². The number of benzene rings is 3. The lowest BCUT2D eigenvalue weighted by atomic mass is 9.98. The summed E-state index contributed by atoms with van der Waals surface area (Å²) in [5, 5.41) is 1.23. The van der Waals surface area contributed by atoms with E-state index in [-0.39, 0.29) is 18.7 Å². The Morgan fingerprint density at radius 1 is 1.11 bits per heavy atom. The summed E-state index contributed by atoms with van der Waals surface area (Å²) in [5.41, 5.74) is 9.03. The van der Waals surface area contributed by atoms with Crippen LogP contribution in [0.1, 0.15) is 30.1 Å². The van der Waals surface area contributed by atoms with Crippen LogP contribution in [0.2, 0.25) is 10.0 Å². The molecule has 8 heteroatoms. The average Bonchev–Trinajstić information content (AvgIpc) is 2.87. The van der Waals surface area contributed by atoms with Crippen molar-refractivity contribution in [2.24, 2.45) is 5.73 Å². The average molecular weight is 509 g/mol. The zero-order chi connectivity index (χ0) is 24.9. The van der Waals surface area contributed by atoms with Crippen LogP contribution in [0.15, 0.2) is 66.7 Å². The number of carbonyl (C=O) groups excluding carboxylic acids is 1. The van der Waals surface area contributed by atoms with Crippen molar-refractivity contribution in [1.82, 2.24) is 4.90 Å². The van der Waals surface area contributed by atoms with E-state index in [1.807, 2.05) is 42.5 Å². The standard InChI is InChI=1S/C27H26Cl2N4O2/c1-18(19-5-9-22(31-2)10-6-19)32-13-14-33(26(16-32)20-3-7-21(28)8-4-20)25-12-11-23(15-24(25)29)35-17-27(30)34/h3-12,15,18,26H,13-14,16-17H2,1H3,(H2,30,34)/t18-,26+/m1/s1. The van der Waals surface area contributed by atoms with Gasteiger partial charge in [0.2, 0.25) is 0 Å². The first-order valence-corrected chi connectivity index (χ1v) is 12.1. The van der Waals surface area contributed by atoms with Crippen molar-refractivity contribution >= 4 is 40.5 Å². The third-order valence-corrected chi connectivity index (χ3v) is 6.88. The summed E-state index contributed by atoms with van der Waals surface area (Å²) in [6.07, 6.45) is 0. The number of piperazine rings is 1. The lowest BCUT2D eigenvalue weighted by Gasteiger charge is -2.45. The fraction of sp³-hybridized carbons (Fsp3) is 0.259. The first-order valence-electron chi connectivity index (χ1n) is 11.3. The van der Waals surface area contributed by atoms with Crippen molar-refractivity contribution in [3.05, 3.63) is 99.3 Å². The second-order valence-corrected chi connectivity index (χ2v) is 9.35. The second-order valence-electron chi connectivity index (χ2n) is 8.50. The van der Waals surface area contributed by atoms with Crippen LogP contribution in [-0.4, -0.2) is 37.0 Å². The predicted octanol–water partition coefficient (Wildman–Crippen LogP) is 6.03. The molecule has 0 spiro atoms. The number of anilines is 1. The molecule has 0 aromatic heterocycles. The molecular weight excluding hydrogens is 483 g/mol. The lowest BCUT2D eigenvalue weighted by molar-refractivity contribution is -0.119. The number of hydrogen-bond acceptors (Lipinski definition) is 4. The number of amides is 1. The maximum absolute atomic E-state index is 11.0. The third-order valence-electron chi connectivity index (χ3n) is 6.33. The van der Waals surface area contributed by atoms with Gasteiger partial charge in [0, 0.05) is 36.8 Å². The highest BCUT2D eigenvalue weighted by molar-refractivity contribution is 6.33. The first kappa shape index (κ1) is 24.9. The van der Waals surface area contributed by atoms with E-state index in [2.05, 4.69) is 33.7 Å². The summed E-state index contributed by atoms with van der Waals surface area (Å²) in [6.45, 7) is 11.6. The molecule has 1 fully saturated rings. The normalized spacial score (nSPS) is 17.0. The Morgan fingerprint density at radius 3 is 2.46 bits per heavy atom. The summed E-state index contributed by atoms with van der Waals surface area (Å²) in [7, 11) is 0. The summed E-state index contributed by atoms with van der Waals surface area (Å²) in [5.74, 6) is -0.0438. The molecule has 4 rings (SSSR count). The molecule has 0 unspecified atom stereocenters. The zero-order valence-corrected chi connectivity index (χ0v) is 20.8. The van der Waals surface area contributed by atoms with Crippen molar-refractivity contribution < 1.29 is 9.53 Å². The molecule has 1 aliphatic rings. The smallest absolute Gasteiger partial charge is 0.255 e. The molecule has 0 radical (unpaired) electrons. The monoisotopic (exact) mass is 508 g/mol. The van der Waals surface area contributed by atoms with Crippen molar-refractivity contribution in [2.45, 2.75) is 19.0 Å². The Morgan fingerprint density at radius 2 is 1.83 bits per heavy atom. The molecular formula is C27H26Cl2N4O2. The second kappa shape index (κ2) is 11.0. The van der Waals surface area contributed by atoms with Gasteiger partial charge in [-0.15, -0.1) is 0 Å². The van der Waals surface area contributed by atoms with Crippen LogP contribution >= 0.6 is 23.2 Å². The number of rotatable bonds is 7. The van der Waals surface area contributed by atoms with Gasteiger partial charge in [-0.3, -0.25) is 9.69 Å². The quantitative estimate of drug-likeness (QED) is 0.395. The minimum Gasteiger partial charge on any atom is -0.484 e. The third kappa shape index (κ3) is 5.88. The fourth-order valence-corrected chi connectivity index (χ4v) is 4.82. The predicted molar refractivity (Wildman–Crippen MR) is 140 cm³/mol. The lowest BCUT2D eigenvalue weighted by Crippen LogP contribution is -2.49. The molecule has 0 aliphatic carbocycles. The van der Waals surface area contributed by atoms with E-state index >= 15 is 0 Å². The molecule has 2 atom stereocenters. The summed E-state index contributed by atoms with van der Waals surface area (Å²) in [4.78, 5) is 19.3. The van der Waals surface area contributed by atoms with E-state index in [9.17, 15) is 4.79 Å². The van der Waals surface area contributed by atoms with Crippen molar-refractivity contribution in [1.29, 1.82) is 0 Å². The fourth-order valence-electron chi connectivity index (χ4n) is 4.42. The molecule has 1 amide bonds. The van der Waals surface area contributed by atoms with Gasteiger partial charge in [-0.05, 0) is 42.3 Å². The van der Waals surface area contributed by atoms with Gasteiger partial charge in [-0.2, -0.15) is 0 Å². The molecule has 1 saturated heterocycles. The number of nitrogens with two attached hydrogens (primary N) is 1. The van der Waals surface area contributed by atoms with Crippen molar-refractivity contribution in [2.75, 3.05) is 31.1 Å². The van der Waals surface area contributed by atoms with Crippen molar-refractivity contribution in [3.63, 3.8) is 0 Å². The zero-order valence-electron chi connectivity index (χ0n) is 19.3. The van der Waals surface area contributed by atoms with E-state index in [0.29, 0.717) is 21.5 Å². The van der Waals surface area contributed by atoms with Crippen LogP contribution in [0.3, 0.4) is 0 Å². The first-order chi connectivity index (χ1) is 16.9. The maximum atomic E-state index is 11.0. The molecule has 3 aromatic carbocycles. The van der Waals surface area contributed by atoms with E-state index in [4.69, 9.17) is 40.2 Å². The van der Waals surface area contributed by atoms with Gasteiger partial charge in [0.1, 0.15) is 5.75 Å². The van der Waals surface area contributed by atoms with Gasteiger partial charge in [0.05, 0.1) is 23.3 Å². The number of nitrogens with zero attached hydrogens (tertiary/aromatic N) is 3. The van der Waals surface area contributed by atoms with Crippen LogP contribution < -0.4 is 15.4 Å². The van der Waals surface area contributed by atoms with Gasteiger partial charge in [-0.25, -0.2) is 4.85 Å². The van der Waals surface area contributed by atoms with E-state index in [1.165, 1.54) is 5.56 Å². The van der Waals surface area contributed by atoms with Crippen LogP contribution in [-0.2, 0) is 4.79 Å². The topological polar surface area (TPSA) is 63.2 Å². The van der Waals surface area contributed by atoms with E-state index in [0.717, 1.165) is 30.9 Å². The Bertz CT molecular complexity index is 1230. The Hall–Kier alpha value is -3.24. The highest BCUT2D eigenvalue weighted by Crippen LogP contribution is 2.39. The molecule has 1 heterocycles. The molecule has 0 bridgehead atoms. The van der Waals surface area contributed by atoms with Crippen molar-refractivity contribution in [3.8, 4) is 5.75 Å². The minimum absolute atomic E-state index is 0.0425. The van der Waals surface area contributed by atoms with E-state index < -0.39 is 5.91 Å². The number of primary amides is 1. The molecule has 180 valence electrons. The highest BCUT2D eigenvalue weighted by atomic mass is 35.5.